The van der Waals surface area contributed by atoms with E-state index in [1.54, 1.807) is 36.8 Å². The number of benzene rings is 2. The summed E-state index contributed by atoms with van der Waals surface area (Å²) in [5.74, 6) is 2.77. The molecule has 0 bridgehead atoms. The number of pyridine rings is 1. The van der Waals surface area contributed by atoms with Gasteiger partial charge in [-0.05, 0) is 42.2 Å². The highest BCUT2D eigenvalue weighted by atomic mass is 32.2. The van der Waals surface area contributed by atoms with Crippen molar-refractivity contribution in [1.82, 2.24) is 14.5 Å². The topological polar surface area (TPSA) is 84.4 Å². The monoisotopic (exact) mass is 452 g/mol. The zero-order valence-electron chi connectivity index (χ0n) is 17.0. The first-order chi connectivity index (χ1) is 15.2. The maximum absolute atomic E-state index is 6.14. The predicted molar refractivity (Wildman–Crippen MR) is 123 cm³/mol. The van der Waals surface area contributed by atoms with Gasteiger partial charge in [-0.15, -0.1) is 11.8 Å². The molecule has 31 heavy (non-hydrogen) atoms. The van der Waals surface area contributed by atoms with Gasteiger partial charge >= 0.3 is 0 Å². The zero-order valence-corrected chi connectivity index (χ0v) is 18.6. The quantitative estimate of drug-likeness (QED) is 0.423. The van der Waals surface area contributed by atoms with Crippen molar-refractivity contribution in [3.63, 3.8) is 0 Å². The Balaban J connectivity index is 1.58. The van der Waals surface area contributed by atoms with Gasteiger partial charge in [-0.25, -0.2) is 9.97 Å². The van der Waals surface area contributed by atoms with E-state index in [9.17, 15) is 0 Å². The second-order valence-corrected chi connectivity index (χ2v) is 8.71. The van der Waals surface area contributed by atoms with Crippen molar-refractivity contribution in [2.75, 3.05) is 25.9 Å². The summed E-state index contributed by atoms with van der Waals surface area (Å²) in [5, 5.41) is 0.833. The normalized spacial score (nSPS) is 12.5. The lowest BCUT2D eigenvalue weighted by molar-refractivity contribution is 0.174. The van der Waals surface area contributed by atoms with Crippen LogP contribution in [0.5, 0.6) is 17.2 Å². The first kappa shape index (κ1) is 19.9. The molecule has 1 aliphatic rings. The van der Waals surface area contributed by atoms with E-state index in [0.717, 1.165) is 43.3 Å². The van der Waals surface area contributed by atoms with Gasteiger partial charge in [0.15, 0.2) is 22.5 Å². The van der Waals surface area contributed by atoms with Gasteiger partial charge in [0.25, 0.3) is 0 Å². The van der Waals surface area contributed by atoms with E-state index in [-0.39, 0.29) is 6.79 Å². The summed E-state index contributed by atoms with van der Waals surface area (Å²) in [5.41, 5.74) is 8.91. The van der Waals surface area contributed by atoms with E-state index in [0.29, 0.717) is 17.9 Å². The molecule has 5 rings (SSSR count). The molecular weight excluding hydrogens is 432 g/mol. The molecule has 4 aromatic rings. The summed E-state index contributed by atoms with van der Waals surface area (Å²) < 4.78 is 18.6. The minimum Gasteiger partial charge on any atom is -0.497 e. The standard InChI is InChI=1S/C22H20N4O3S2/c1-27-14-5-3-13(4-6-14)11-26-15-7-8-24-21(23)20(15)25-22(26)31-19-10-17-16(28-12-29-17)9-18(19)30-2/h3-10H,11-12H2,1-2H3,(H2,23,24). The van der Waals surface area contributed by atoms with Gasteiger partial charge in [0, 0.05) is 16.0 Å². The van der Waals surface area contributed by atoms with E-state index in [1.165, 1.54) is 0 Å². The summed E-state index contributed by atoms with van der Waals surface area (Å²) in [6.45, 7) is 0.890. The Morgan fingerprint density at radius 1 is 1.10 bits per heavy atom. The Labute approximate surface area is 187 Å². The first-order valence-corrected chi connectivity index (χ1v) is 11.6. The maximum atomic E-state index is 6.14. The Kier molecular flexibility index (Phi) is 5.29. The van der Waals surface area contributed by atoms with Crippen molar-refractivity contribution >= 4 is 40.4 Å². The van der Waals surface area contributed by atoms with Crippen LogP contribution in [0, 0.1) is 0 Å². The maximum Gasteiger partial charge on any atom is 0.231 e. The lowest BCUT2D eigenvalue weighted by Gasteiger charge is -2.12. The Hall–Kier alpha value is -3.04. The number of ether oxygens (including phenoxy) is 3. The molecule has 0 spiro atoms. The molecule has 2 aromatic heterocycles. The average molecular weight is 453 g/mol. The number of methoxy groups -OCH3 is 1. The fourth-order valence-electron chi connectivity index (χ4n) is 3.44. The number of thioether (sulfide) groups is 1. The fraction of sp³-hybridized carbons (Fsp3) is 0.182. The lowest BCUT2D eigenvalue weighted by atomic mass is 10.2. The number of hydrogen-bond donors (Lipinski definition) is 1. The predicted octanol–water partition coefficient (Wildman–Crippen LogP) is 4.67. The molecule has 0 saturated heterocycles. The summed E-state index contributed by atoms with van der Waals surface area (Å²) >= 11 is 3.24. The number of nitrogens with zero attached hydrogens (tertiary/aromatic N) is 3. The number of anilines is 1. The van der Waals surface area contributed by atoms with Crippen LogP contribution in [-0.2, 0) is 6.54 Å². The summed E-state index contributed by atoms with van der Waals surface area (Å²) in [7, 11) is 1.66. The average Bonchev–Trinajstić information content (AvgIpc) is 3.39. The molecule has 0 atom stereocenters. The van der Waals surface area contributed by atoms with Gasteiger partial charge in [0.05, 0.1) is 19.2 Å². The van der Waals surface area contributed by atoms with Crippen molar-refractivity contribution in [2.45, 2.75) is 21.5 Å². The van der Waals surface area contributed by atoms with E-state index < -0.39 is 0 Å². The second kappa shape index (κ2) is 8.24. The molecule has 158 valence electrons. The molecule has 0 aliphatic carbocycles. The second-order valence-electron chi connectivity index (χ2n) is 6.85. The lowest BCUT2D eigenvalue weighted by Crippen LogP contribution is -2.02. The van der Waals surface area contributed by atoms with Crippen LogP contribution in [0.25, 0.3) is 11.0 Å². The van der Waals surface area contributed by atoms with Gasteiger partial charge in [-0.1, -0.05) is 23.9 Å². The van der Waals surface area contributed by atoms with Crippen LogP contribution in [0.15, 0.2) is 63.6 Å². The molecule has 2 aromatic carbocycles. The number of hydrogen-bond acceptors (Lipinski definition) is 8. The van der Waals surface area contributed by atoms with Crippen LogP contribution in [0.2, 0.25) is 0 Å². The molecule has 9 heteroatoms. The molecule has 0 radical (unpaired) electrons. The molecule has 0 amide bonds. The number of nitrogen functional groups attached to an aromatic ring is 1. The van der Waals surface area contributed by atoms with Crippen molar-refractivity contribution in [2.24, 2.45) is 0 Å². The Bertz CT molecular complexity index is 1260. The van der Waals surface area contributed by atoms with E-state index in [1.807, 2.05) is 36.6 Å². The van der Waals surface area contributed by atoms with Crippen LogP contribution in [0.3, 0.4) is 0 Å². The molecular formula is C22H20N4O3S2. The molecule has 0 fully saturated rings. The Morgan fingerprint density at radius 2 is 1.84 bits per heavy atom. The largest absolute Gasteiger partial charge is 0.497 e. The van der Waals surface area contributed by atoms with Gasteiger partial charge in [0.2, 0.25) is 6.79 Å². The highest BCUT2D eigenvalue weighted by molar-refractivity contribution is 8.02. The first-order valence-electron chi connectivity index (χ1n) is 9.55. The van der Waals surface area contributed by atoms with Gasteiger partial charge in [-0.2, -0.15) is 0 Å². The number of fused-ring (bicyclic) bond motifs is 2. The fourth-order valence-corrected chi connectivity index (χ4v) is 5.23. The van der Waals surface area contributed by atoms with Crippen molar-refractivity contribution in [3.05, 3.63) is 54.2 Å². The third-order valence-electron chi connectivity index (χ3n) is 5.02. The van der Waals surface area contributed by atoms with Gasteiger partial charge in [0.1, 0.15) is 11.3 Å². The van der Waals surface area contributed by atoms with E-state index in [4.69, 9.17) is 24.9 Å². The summed E-state index contributed by atoms with van der Waals surface area (Å²) in [4.78, 5) is 11.2. The minimum atomic E-state index is 0.245. The third kappa shape index (κ3) is 3.75. The SMILES string of the molecule is COc1ccc(Cn2c(Sc3cc4c(cc3SC)OCO4)nc3c(N)nccc32)cc1. The van der Waals surface area contributed by atoms with Crippen LogP contribution in [-0.4, -0.2) is 34.7 Å². The Morgan fingerprint density at radius 3 is 2.55 bits per heavy atom. The smallest absolute Gasteiger partial charge is 0.231 e. The van der Waals surface area contributed by atoms with E-state index in [2.05, 4.69) is 21.7 Å². The van der Waals surface area contributed by atoms with Crippen LogP contribution >= 0.6 is 23.5 Å². The number of nitrogens with two attached hydrogens (primary N) is 1. The highest BCUT2D eigenvalue weighted by Crippen LogP contribution is 2.44. The highest BCUT2D eigenvalue weighted by Gasteiger charge is 2.21. The molecule has 3 heterocycles. The summed E-state index contributed by atoms with van der Waals surface area (Å²) in [6.07, 6.45) is 3.76. The van der Waals surface area contributed by atoms with E-state index >= 15 is 0 Å². The molecule has 7 nitrogen and oxygen atoms in total. The van der Waals surface area contributed by atoms with Crippen molar-refractivity contribution in [3.8, 4) is 17.2 Å². The number of aromatic nitrogens is 3. The molecule has 0 saturated carbocycles. The molecule has 2 N–H and O–H groups in total. The summed E-state index contributed by atoms with van der Waals surface area (Å²) in [6, 6.07) is 14.0. The van der Waals surface area contributed by atoms with Crippen molar-refractivity contribution in [1.29, 1.82) is 0 Å². The molecule has 0 unspecified atom stereocenters. The third-order valence-corrected chi connectivity index (χ3v) is 6.98. The van der Waals surface area contributed by atoms with Gasteiger partial charge < -0.3 is 24.5 Å². The van der Waals surface area contributed by atoms with Crippen LogP contribution < -0.4 is 19.9 Å². The minimum absolute atomic E-state index is 0.245. The zero-order chi connectivity index (χ0) is 21.4. The number of rotatable bonds is 6. The van der Waals surface area contributed by atoms with Crippen LogP contribution in [0.4, 0.5) is 5.82 Å². The number of imidazole rings is 1. The van der Waals surface area contributed by atoms with Gasteiger partial charge in [-0.3, -0.25) is 0 Å². The van der Waals surface area contributed by atoms with Crippen LogP contribution in [0.1, 0.15) is 5.56 Å². The van der Waals surface area contributed by atoms with Crippen molar-refractivity contribution < 1.29 is 14.2 Å². The molecule has 1 aliphatic heterocycles.